The number of nitrogens with zero attached hydrogens (tertiary/aromatic N) is 3. The van der Waals surface area contributed by atoms with E-state index in [0.29, 0.717) is 5.16 Å². The van der Waals surface area contributed by atoms with Gasteiger partial charge in [0.2, 0.25) is 5.91 Å². The molecule has 1 amide bonds. The van der Waals surface area contributed by atoms with Gasteiger partial charge in [-0.15, -0.1) is 10.2 Å². The Kier molecular flexibility index (Phi) is 5.91. The lowest BCUT2D eigenvalue weighted by molar-refractivity contribution is -0.113. The second-order valence-electron chi connectivity index (χ2n) is 7.66. The van der Waals surface area contributed by atoms with Crippen LogP contribution in [0.25, 0.3) is 27.8 Å². The topological polar surface area (TPSA) is 59.8 Å². The third-order valence-corrected chi connectivity index (χ3v) is 6.36. The van der Waals surface area contributed by atoms with Crippen LogP contribution in [-0.2, 0) is 4.79 Å². The molecular weight excluding hydrogens is 428 g/mol. The van der Waals surface area contributed by atoms with Gasteiger partial charge in [-0.1, -0.05) is 90.6 Å². The number of carbonyl (C=O) groups excluding carboxylic acids is 1. The zero-order valence-electron chi connectivity index (χ0n) is 18.1. The van der Waals surface area contributed by atoms with E-state index in [-0.39, 0.29) is 11.7 Å². The van der Waals surface area contributed by atoms with Gasteiger partial charge in [-0.3, -0.25) is 9.36 Å². The van der Waals surface area contributed by atoms with Crippen LogP contribution in [0.1, 0.15) is 5.56 Å². The maximum atomic E-state index is 12.6. The smallest absolute Gasteiger partial charge is 0.234 e. The van der Waals surface area contributed by atoms with Gasteiger partial charge in [0.05, 0.1) is 5.75 Å². The minimum atomic E-state index is -0.0800. The molecule has 0 fully saturated rings. The summed E-state index contributed by atoms with van der Waals surface area (Å²) in [7, 11) is 0. The minimum absolute atomic E-state index is 0.0800. The molecule has 0 unspecified atom stereocenters. The highest BCUT2D eigenvalue weighted by Gasteiger charge is 2.19. The first kappa shape index (κ1) is 21.0. The molecule has 33 heavy (non-hydrogen) atoms. The second kappa shape index (κ2) is 9.30. The van der Waals surface area contributed by atoms with Crippen LogP contribution in [0.3, 0.4) is 0 Å². The van der Waals surface area contributed by atoms with Crippen LogP contribution in [0.2, 0.25) is 0 Å². The molecule has 1 N–H and O–H groups in total. The highest BCUT2D eigenvalue weighted by atomic mass is 32.2. The zero-order valence-corrected chi connectivity index (χ0v) is 18.9. The number of thioether (sulfide) groups is 1. The molecule has 0 atom stereocenters. The summed E-state index contributed by atoms with van der Waals surface area (Å²) in [4.78, 5) is 12.6. The Bertz CT molecular complexity index is 1420. The largest absolute Gasteiger partial charge is 0.325 e. The van der Waals surface area contributed by atoms with Crippen molar-refractivity contribution in [2.24, 2.45) is 0 Å². The van der Waals surface area contributed by atoms with E-state index >= 15 is 0 Å². The Labute approximate surface area is 196 Å². The van der Waals surface area contributed by atoms with E-state index < -0.39 is 0 Å². The predicted octanol–water partition coefficient (Wildman–Crippen LogP) is 6.13. The highest BCUT2D eigenvalue weighted by molar-refractivity contribution is 7.99. The van der Waals surface area contributed by atoms with Crippen molar-refractivity contribution in [2.45, 2.75) is 12.1 Å². The summed E-state index contributed by atoms with van der Waals surface area (Å²) >= 11 is 1.37. The molecule has 0 radical (unpaired) electrons. The Morgan fingerprint density at radius 3 is 2.42 bits per heavy atom. The van der Waals surface area contributed by atoms with Crippen LogP contribution < -0.4 is 5.32 Å². The molecule has 0 spiro atoms. The maximum Gasteiger partial charge on any atom is 0.234 e. The normalized spacial score (nSPS) is 10.9. The molecule has 0 aliphatic heterocycles. The Morgan fingerprint density at radius 2 is 1.58 bits per heavy atom. The van der Waals surface area contributed by atoms with Gasteiger partial charge >= 0.3 is 0 Å². The molecule has 0 bridgehead atoms. The van der Waals surface area contributed by atoms with Crippen molar-refractivity contribution in [3.63, 3.8) is 0 Å². The number of amides is 1. The summed E-state index contributed by atoms with van der Waals surface area (Å²) in [5.74, 6) is 0.901. The number of nitrogens with one attached hydrogen (secondary N) is 1. The van der Waals surface area contributed by atoms with Crippen LogP contribution in [0, 0.1) is 6.92 Å². The summed E-state index contributed by atoms with van der Waals surface area (Å²) in [5.41, 5.74) is 3.80. The number of aryl methyl sites for hydroxylation is 1. The summed E-state index contributed by atoms with van der Waals surface area (Å²) in [5, 5.41) is 14.9. The van der Waals surface area contributed by atoms with E-state index in [1.807, 2.05) is 84.3 Å². The van der Waals surface area contributed by atoms with E-state index in [4.69, 9.17) is 0 Å². The van der Waals surface area contributed by atoms with E-state index in [1.54, 1.807) is 0 Å². The van der Waals surface area contributed by atoms with Crippen LogP contribution >= 0.6 is 11.8 Å². The number of aromatic nitrogens is 3. The molecule has 5 aromatic rings. The summed E-state index contributed by atoms with van der Waals surface area (Å²) in [6.45, 7) is 1.98. The number of carbonyl (C=O) groups is 1. The van der Waals surface area contributed by atoms with Crippen LogP contribution in [0.4, 0.5) is 5.69 Å². The Balaban J connectivity index is 1.49. The van der Waals surface area contributed by atoms with E-state index in [1.165, 1.54) is 11.8 Å². The molecule has 4 aromatic carbocycles. The molecule has 162 valence electrons. The number of para-hydroxylation sites is 2. The second-order valence-corrected chi connectivity index (χ2v) is 8.60. The molecule has 1 aromatic heterocycles. The number of benzene rings is 4. The highest BCUT2D eigenvalue weighted by Crippen LogP contribution is 2.32. The lowest BCUT2D eigenvalue weighted by atomic mass is 10.0. The Hall–Kier alpha value is -3.90. The van der Waals surface area contributed by atoms with Gasteiger partial charge in [-0.05, 0) is 41.5 Å². The number of fused-ring (bicyclic) bond motifs is 1. The molecule has 1 heterocycles. The van der Waals surface area contributed by atoms with Crippen molar-refractivity contribution in [1.82, 2.24) is 14.8 Å². The third kappa shape index (κ3) is 4.38. The van der Waals surface area contributed by atoms with Crippen molar-refractivity contribution in [3.05, 3.63) is 103 Å². The zero-order chi connectivity index (χ0) is 22.6. The molecular formula is C27H22N4OS. The minimum Gasteiger partial charge on any atom is -0.325 e. The maximum absolute atomic E-state index is 12.6. The first-order valence-electron chi connectivity index (χ1n) is 10.7. The monoisotopic (exact) mass is 450 g/mol. The lowest BCUT2D eigenvalue weighted by Gasteiger charge is -2.12. The fourth-order valence-corrected chi connectivity index (χ4v) is 4.55. The number of hydrogen-bond donors (Lipinski definition) is 1. The van der Waals surface area contributed by atoms with Crippen molar-refractivity contribution in [3.8, 4) is 17.1 Å². The molecule has 0 saturated carbocycles. The Morgan fingerprint density at radius 1 is 0.848 bits per heavy atom. The van der Waals surface area contributed by atoms with Crippen molar-refractivity contribution >= 4 is 34.1 Å². The summed E-state index contributed by atoms with van der Waals surface area (Å²) < 4.78 is 2.02. The van der Waals surface area contributed by atoms with Crippen LogP contribution in [0.15, 0.2) is 102 Å². The molecule has 0 saturated heterocycles. The van der Waals surface area contributed by atoms with Gasteiger partial charge in [-0.25, -0.2) is 0 Å². The van der Waals surface area contributed by atoms with Crippen molar-refractivity contribution in [1.29, 1.82) is 0 Å². The first-order chi connectivity index (χ1) is 16.2. The SMILES string of the molecule is Cc1ccccc1NC(=O)CSc1nnc(-c2cccc3ccccc23)n1-c1ccccc1. The van der Waals surface area contributed by atoms with Gasteiger partial charge in [0.25, 0.3) is 0 Å². The number of rotatable bonds is 6. The van der Waals surface area contributed by atoms with Gasteiger partial charge in [0.15, 0.2) is 11.0 Å². The summed E-state index contributed by atoms with van der Waals surface area (Å²) in [6, 6.07) is 32.2. The molecule has 6 heteroatoms. The van der Waals surface area contributed by atoms with Crippen molar-refractivity contribution in [2.75, 3.05) is 11.1 Å². The molecule has 5 rings (SSSR count). The molecule has 0 aliphatic rings. The van der Waals surface area contributed by atoms with E-state index in [2.05, 4.69) is 39.8 Å². The fourth-order valence-electron chi connectivity index (χ4n) is 3.80. The number of anilines is 1. The summed E-state index contributed by atoms with van der Waals surface area (Å²) in [6.07, 6.45) is 0. The fraction of sp³-hybridized carbons (Fsp3) is 0.0741. The lowest BCUT2D eigenvalue weighted by Crippen LogP contribution is -2.15. The standard InChI is InChI=1S/C27H22N4OS/c1-19-10-5-8-17-24(19)28-25(32)18-33-27-30-29-26(31(27)21-13-3-2-4-14-21)23-16-9-12-20-11-6-7-15-22(20)23/h2-17H,18H2,1H3,(H,28,32). The van der Waals surface area contributed by atoms with Gasteiger partial charge in [-0.2, -0.15) is 0 Å². The third-order valence-electron chi connectivity index (χ3n) is 5.43. The van der Waals surface area contributed by atoms with Gasteiger partial charge < -0.3 is 5.32 Å². The molecule has 0 aliphatic carbocycles. The van der Waals surface area contributed by atoms with Crippen LogP contribution in [0.5, 0.6) is 0 Å². The average Bonchev–Trinajstić information content (AvgIpc) is 3.28. The molecule has 5 nitrogen and oxygen atoms in total. The van der Waals surface area contributed by atoms with Gasteiger partial charge in [0.1, 0.15) is 0 Å². The first-order valence-corrected chi connectivity index (χ1v) is 11.7. The quantitative estimate of drug-likeness (QED) is 0.316. The van der Waals surface area contributed by atoms with Crippen molar-refractivity contribution < 1.29 is 4.79 Å². The average molecular weight is 451 g/mol. The predicted molar refractivity (Wildman–Crippen MR) is 135 cm³/mol. The van der Waals surface area contributed by atoms with Crippen LogP contribution in [-0.4, -0.2) is 26.4 Å². The number of hydrogen-bond acceptors (Lipinski definition) is 4. The van der Waals surface area contributed by atoms with Gasteiger partial charge in [0, 0.05) is 16.9 Å². The van der Waals surface area contributed by atoms with E-state index in [0.717, 1.165) is 39.1 Å². The van der Waals surface area contributed by atoms with E-state index in [9.17, 15) is 4.79 Å².